The highest BCUT2D eigenvalue weighted by molar-refractivity contribution is 6.12. The number of fused-ring (bicyclic) bond motifs is 1. The average Bonchev–Trinajstić information content (AvgIpc) is 3.32. The molecule has 3 saturated heterocycles. The van der Waals surface area contributed by atoms with Crippen LogP contribution in [0.3, 0.4) is 0 Å². The standard InChI is InChI=1S/C28H35F2N9O2/c29-18-13-34-27-23(26(31)36-39(27)16-18)28(41)35-21-15-33-14-20(30)24(21)37-11-6-17(7-12-37)25(40)22-3-1-2-10-38(22)19-4-8-32-9-5-19/h13-17,19,22,32H,1-12H2,(H2,31,36)(H,35,41). The summed E-state index contributed by atoms with van der Waals surface area (Å²) in [5, 5.41) is 10.1. The van der Waals surface area contributed by atoms with Gasteiger partial charge in [0.2, 0.25) is 0 Å². The maximum Gasteiger partial charge on any atom is 0.263 e. The van der Waals surface area contributed by atoms with Crippen LogP contribution in [0.15, 0.2) is 24.8 Å². The van der Waals surface area contributed by atoms with E-state index in [4.69, 9.17) is 5.73 Å². The van der Waals surface area contributed by atoms with Crippen LogP contribution in [0.1, 0.15) is 55.3 Å². The van der Waals surface area contributed by atoms with Gasteiger partial charge in [-0.3, -0.25) is 19.5 Å². The van der Waals surface area contributed by atoms with Gasteiger partial charge in [0.05, 0.1) is 36.5 Å². The number of ketones is 1. The second-order valence-corrected chi connectivity index (χ2v) is 11.2. The summed E-state index contributed by atoms with van der Waals surface area (Å²) in [6.45, 7) is 3.92. The van der Waals surface area contributed by atoms with Crippen LogP contribution < -0.4 is 21.3 Å². The lowest BCUT2D eigenvalue weighted by Crippen LogP contribution is -2.55. The van der Waals surface area contributed by atoms with Gasteiger partial charge in [0.15, 0.2) is 28.9 Å². The first-order valence-corrected chi connectivity index (χ1v) is 14.4. The smallest absolute Gasteiger partial charge is 0.263 e. The Labute approximate surface area is 236 Å². The average molecular weight is 568 g/mol. The predicted octanol–water partition coefficient (Wildman–Crippen LogP) is 2.63. The van der Waals surface area contributed by atoms with Gasteiger partial charge in [-0.2, -0.15) is 0 Å². The fourth-order valence-corrected chi connectivity index (χ4v) is 6.67. The van der Waals surface area contributed by atoms with E-state index >= 15 is 4.39 Å². The minimum atomic E-state index is -0.661. The number of likely N-dealkylation sites (tertiary alicyclic amines) is 1. The summed E-state index contributed by atoms with van der Waals surface area (Å²) in [5.74, 6) is -1.76. The molecule has 3 aliphatic rings. The van der Waals surface area contributed by atoms with Crippen molar-refractivity contribution in [1.29, 1.82) is 0 Å². The second kappa shape index (κ2) is 11.6. The maximum absolute atomic E-state index is 15.2. The lowest BCUT2D eigenvalue weighted by atomic mass is 9.83. The highest BCUT2D eigenvalue weighted by Gasteiger charge is 2.38. The molecule has 4 N–H and O–H groups in total. The molecule has 0 aromatic carbocycles. The molecule has 0 bridgehead atoms. The highest BCUT2D eigenvalue weighted by atomic mass is 19.1. The molecule has 11 nitrogen and oxygen atoms in total. The summed E-state index contributed by atoms with van der Waals surface area (Å²) in [7, 11) is 0. The zero-order valence-electron chi connectivity index (χ0n) is 22.9. The molecule has 1 unspecified atom stereocenters. The molecule has 1 atom stereocenters. The van der Waals surface area contributed by atoms with Gasteiger partial charge in [0, 0.05) is 25.0 Å². The van der Waals surface area contributed by atoms with E-state index in [9.17, 15) is 14.0 Å². The molecule has 41 heavy (non-hydrogen) atoms. The minimum Gasteiger partial charge on any atom is -0.381 e. The van der Waals surface area contributed by atoms with Crippen molar-refractivity contribution in [2.24, 2.45) is 5.92 Å². The third kappa shape index (κ3) is 5.47. The van der Waals surface area contributed by atoms with Crippen molar-refractivity contribution >= 4 is 34.5 Å². The molecule has 1 amide bonds. The molecule has 0 saturated carbocycles. The van der Waals surface area contributed by atoms with Gasteiger partial charge >= 0.3 is 0 Å². The molecule has 6 heterocycles. The van der Waals surface area contributed by atoms with Crippen molar-refractivity contribution in [3.05, 3.63) is 42.0 Å². The molecule has 0 radical (unpaired) electrons. The first-order valence-electron chi connectivity index (χ1n) is 14.4. The molecule has 3 aromatic heterocycles. The number of hydrogen-bond acceptors (Lipinski definition) is 9. The van der Waals surface area contributed by atoms with E-state index in [-0.39, 0.29) is 40.4 Å². The van der Waals surface area contributed by atoms with Crippen LogP contribution in [-0.2, 0) is 4.79 Å². The Morgan fingerprint density at radius 3 is 2.56 bits per heavy atom. The number of nitrogens with one attached hydrogen (secondary N) is 2. The summed E-state index contributed by atoms with van der Waals surface area (Å²) in [5.41, 5.74) is 6.35. The zero-order valence-corrected chi connectivity index (χ0v) is 22.9. The number of halogens is 2. The number of nitrogen functional groups attached to an aromatic ring is 1. The second-order valence-electron chi connectivity index (χ2n) is 11.2. The van der Waals surface area contributed by atoms with Crippen molar-refractivity contribution in [2.75, 3.05) is 48.7 Å². The summed E-state index contributed by atoms with van der Waals surface area (Å²) < 4.78 is 29.8. The van der Waals surface area contributed by atoms with Gasteiger partial charge in [0.25, 0.3) is 5.91 Å². The minimum absolute atomic E-state index is 0.0331. The number of amides is 1. The quantitative estimate of drug-likeness (QED) is 0.411. The molecular formula is C28H35F2N9O2. The SMILES string of the molecule is Nc1nn2cc(F)cnc2c1C(=O)Nc1cncc(F)c1N1CCC(C(=O)C2CCCCN2C2CCNCC2)CC1. The van der Waals surface area contributed by atoms with E-state index in [1.807, 2.05) is 4.90 Å². The van der Waals surface area contributed by atoms with Crippen molar-refractivity contribution in [3.63, 3.8) is 0 Å². The monoisotopic (exact) mass is 567 g/mol. The number of piperidine rings is 3. The van der Waals surface area contributed by atoms with E-state index in [0.29, 0.717) is 37.8 Å². The zero-order chi connectivity index (χ0) is 28.5. The molecule has 3 aromatic rings. The van der Waals surface area contributed by atoms with Gasteiger partial charge < -0.3 is 21.3 Å². The number of rotatable bonds is 6. The summed E-state index contributed by atoms with van der Waals surface area (Å²) in [6.07, 6.45) is 11.0. The normalized spacial score (nSPS) is 21.3. The van der Waals surface area contributed by atoms with Crippen LogP contribution in [0.2, 0.25) is 0 Å². The molecule has 3 aliphatic heterocycles. The summed E-state index contributed by atoms with van der Waals surface area (Å²) >= 11 is 0. The van der Waals surface area contributed by atoms with Gasteiger partial charge in [-0.15, -0.1) is 5.10 Å². The molecule has 0 spiro atoms. The van der Waals surface area contributed by atoms with Crippen LogP contribution in [0.5, 0.6) is 0 Å². The van der Waals surface area contributed by atoms with Crippen LogP contribution in [-0.4, -0.2) is 81.0 Å². The molecule has 6 rings (SSSR count). The van der Waals surface area contributed by atoms with Crippen molar-refractivity contribution in [1.82, 2.24) is 29.8 Å². The van der Waals surface area contributed by atoms with Crippen LogP contribution in [0, 0.1) is 17.6 Å². The van der Waals surface area contributed by atoms with Crippen LogP contribution in [0.25, 0.3) is 5.65 Å². The Hall–Kier alpha value is -3.71. The number of carbonyl (C=O) groups excluding carboxylic acids is 2. The number of Topliss-reactive ketones (excluding diaryl/α,β-unsaturated/α-hetero) is 1. The first-order chi connectivity index (χ1) is 19.9. The Morgan fingerprint density at radius 2 is 1.78 bits per heavy atom. The van der Waals surface area contributed by atoms with Gasteiger partial charge in [-0.25, -0.2) is 18.3 Å². The fourth-order valence-electron chi connectivity index (χ4n) is 6.67. The van der Waals surface area contributed by atoms with E-state index in [1.165, 1.54) is 6.20 Å². The number of pyridine rings is 1. The van der Waals surface area contributed by atoms with E-state index in [0.717, 1.165) is 74.8 Å². The molecule has 0 aliphatic carbocycles. The topological polar surface area (TPSA) is 134 Å². The number of carbonyl (C=O) groups is 2. The Kier molecular flexibility index (Phi) is 7.80. The van der Waals surface area contributed by atoms with Crippen molar-refractivity contribution in [2.45, 2.75) is 57.0 Å². The molecule has 218 valence electrons. The van der Waals surface area contributed by atoms with E-state index < -0.39 is 17.5 Å². The largest absolute Gasteiger partial charge is 0.381 e. The molecule has 3 fully saturated rings. The Balaban J connectivity index is 1.16. The van der Waals surface area contributed by atoms with Crippen LogP contribution in [0.4, 0.5) is 26.0 Å². The molecule has 13 heteroatoms. The van der Waals surface area contributed by atoms with Crippen molar-refractivity contribution < 1.29 is 18.4 Å². The Bertz CT molecular complexity index is 1430. The lowest BCUT2D eigenvalue weighted by Gasteiger charge is -2.44. The highest BCUT2D eigenvalue weighted by Crippen LogP contribution is 2.35. The predicted molar refractivity (Wildman–Crippen MR) is 150 cm³/mol. The van der Waals surface area contributed by atoms with E-state index in [1.54, 1.807) is 0 Å². The van der Waals surface area contributed by atoms with Gasteiger partial charge in [0.1, 0.15) is 11.3 Å². The number of hydrogen-bond donors (Lipinski definition) is 3. The van der Waals surface area contributed by atoms with Gasteiger partial charge in [-0.1, -0.05) is 6.42 Å². The number of aromatic nitrogens is 4. The molecular weight excluding hydrogens is 532 g/mol. The maximum atomic E-state index is 15.2. The Morgan fingerprint density at radius 1 is 1.00 bits per heavy atom. The third-order valence-corrected chi connectivity index (χ3v) is 8.68. The fraction of sp³-hybridized carbons (Fsp3) is 0.536. The van der Waals surface area contributed by atoms with Crippen LogP contribution >= 0.6 is 0 Å². The van der Waals surface area contributed by atoms with E-state index in [2.05, 4.69) is 30.6 Å². The van der Waals surface area contributed by atoms with Crippen molar-refractivity contribution in [3.8, 4) is 0 Å². The number of anilines is 3. The summed E-state index contributed by atoms with van der Waals surface area (Å²) in [4.78, 5) is 39.2. The summed E-state index contributed by atoms with van der Waals surface area (Å²) in [6, 6.07) is 0.424. The van der Waals surface area contributed by atoms with Gasteiger partial charge in [-0.05, 0) is 58.2 Å². The third-order valence-electron chi connectivity index (χ3n) is 8.68. The number of nitrogens with zero attached hydrogens (tertiary/aromatic N) is 6. The number of nitrogens with two attached hydrogens (primary N) is 1. The first kappa shape index (κ1) is 27.5. The lowest BCUT2D eigenvalue weighted by molar-refractivity contribution is -0.131.